The van der Waals surface area contributed by atoms with Crippen LogP contribution in [0.2, 0.25) is 0 Å². The number of hydrogen-bond donors (Lipinski definition) is 2. The number of rotatable bonds is 5. The van der Waals surface area contributed by atoms with Gasteiger partial charge in [0.1, 0.15) is 11.1 Å². The Morgan fingerprint density at radius 3 is 2.86 bits per heavy atom. The summed E-state index contributed by atoms with van der Waals surface area (Å²) in [6, 6.07) is 4.86. The van der Waals surface area contributed by atoms with E-state index in [1.54, 1.807) is 6.92 Å². The number of esters is 1. The van der Waals surface area contributed by atoms with E-state index in [1.807, 2.05) is 0 Å². The second-order valence-corrected chi connectivity index (χ2v) is 5.13. The van der Waals surface area contributed by atoms with Crippen molar-refractivity contribution in [1.29, 1.82) is 5.26 Å². The van der Waals surface area contributed by atoms with Gasteiger partial charge in [-0.25, -0.2) is 4.79 Å². The van der Waals surface area contributed by atoms with Crippen molar-refractivity contribution < 1.29 is 14.3 Å². The van der Waals surface area contributed by atoms with Crippen LogP contribution >= 0.6 is 0 Å². The standard InChI is InChI=1S/C14H15N3O4/c1-14(8-15,9-4-5-9)17-11(18)7-21-13(20)10-3-2-6-16-12(10)19/h2-3,6,9H,4-5,7H2,1H3,(H,16,19)(H,17,18)/t14-/m0/s1. The minimum atomic E-state index is -0.937. The maximum atomic E-state index is 11.7. The molecule has 1 aromatic heterocycles. The number of carbonyl (C=O) groups excluding carboxylic acids is 2. The second kappa shape index (κ2) is 5.79. The molecular weight excluding hydrogens is 274 g/mol. The molecule has 2 rings (SSSR count). The zero-order chi connectivity index (χ0) is 15.5. The van der Waals surface area contributed by atoms with Gasteiger partial charge in [0.05, 0.1) is 6.07 Å². The van der Waals surface area contributed by atoms with Gasteiger partial charge < -0.3 is 15.0 Å². The minimum absolute atomic E-state index is 0.138. The first-order valence-electron chi connectivity index (χ1n) is 6.53. The Balaban J connectivity index is 1.90. The van der Waals surface area contributed by atoms with E-state index in [4.69, 9.17) is 10.00 Å². The van der Waals surface area contributed by atoms with Crippen molar-refractivity contribution in [3.8, 4) is 6.07 Å². The summed E-state index contributed by atoms with van der Waals surface area (Å²) in [6.07, 6.45) is 3.17. The molecule has 110 valence electrons. The zero-order valence-electron chi connectivity index (χ0n) is 11.5. The highest BCUT2D eigenvalue weighted by atomic mass is 16.5. The summed E-state index contributed by atoms with van der Waals surface area (Å²) in [7, 11) is 0. The maximum absolute atomic E-state index is 11.7. The molecule has 7 heteroatoms. The van der Waals surface area contributed by atoms with Gasteiger partial charge in [0, 0.05) is 6.20 Å². The Hall–Kier alpha value is -2.62. The monoisotopic (exact) mass is 289 g/mol. The fourth-order valence-electron chi connectivity index (χ4n) is 2.00. The molecule has 21 heavy (non-hydrogen) atoms. The van der Waals surface area contributed by atoms with E-state index in [0.29, 0.717) is 0 Å². The van der Waals surface area contributed by atoms with Crippen LogP contribution in [0.4, 0.5) is 0 Å². The molecule has 1 heterocycles. The first-order valence-corrected chi connectivity index (χ1v) is 6.53. The van der Waals surface area contributed by atoms with Crippen LogP contribution in [0.1, 0.15) is 30.1 Å². The van der Waals surface area contributed by atoms with Crippen molar-refractivity contribution in [1.82, 2.24) is 10.3 Å². The Morgan fingerprint density at radius 1 is 1.57 bits per heavy atom. The van der Waals surface area contributed by atoms with Gasteiger partial charge in [-0.2, -0.15) is 5.26 Å². The van der Waals surface area contributed by atoms with Gasteiger partial charge in [-0.15, -0.1) is 0 Å². The summed E-state index contributed by atoms with van der Waals surface area (Å²) < 4.78 is 4.78. The van der Waals surface area contributed by atoms with Gasteiger partial charge in [-0.3, -0.25) is 9.59 Å². The van der Waals surface area contributed by atoms with Crippen molar-refractivity contribution in [2.45, 2.75) is 25.3 Å². The summed E-state index contributed by atoms with van der Waals surface area (Å²) in [6.45, 7) is 1.11. The first kappa shape index (κ1) is 14.8. The van der Waals surface area contributed by atoms with Crippen molar-refractivity contribution >= 4 is 11.9 Å². The number of hydrogen-bond acceptors (Lipinski definition) is 5. The lowest BCUT2D eigenvalue weighted by molar-refractivity contribution is -0.125. The lowest BCUT2D eigenvalue weighted by Gasteiger charge is -2.22. The van der Waals surface area contributed by atoms with E-state index in [2.05, 4.69) is 16.4 Å². The second-order valence-electron chi connectivity index (χ2n) is 5.13. The molecule has 1 aliphatic rings. The Labute approximate surface area is 120 Å². The number of nitriles is 1. The van der Waals surface area contributed by atoms with Crippen molar-refractivity contribution in [2.75, 3.05) is 6.61 Å². The molecule has 0 radical (unpaired) electrons. The molecule has 1 aliphatic carbocycles. The van der Waals surface area contributed by atoms with Gasteiger partial charge in [0.15, 0.2) is 6.61 Å². The number of nitrogens with zero attached hydrogens (tertiary/aromatic N) is 1. The van der Waals surface area contributed by atoms with Crippen LogP contribution in [0.3, 0.4) is 0 Å². The summed E-state index contributed by atoms with van der Waals surface area (Å²) in [5.41, 5.74) is -1.69. The quantitative estimate of drug-likeness (QED) is 0.759. The van der Waals surface area contributed by atoms with Crippen LogP contribution in [-0.2, 0) is 9.53 Å². The first-order chi connectivity index (χ1) is 9.96. The molecule has 0 unspecified atom stereocenters. The van der Waals surface area contributed by atoms with Crippen molar-refractivity contribution in [2.24, 2.45) is 5.92 Å². The summed E-state index contributed by atoms with van der Waals surface area (Å²) >= 11 is 0. The number of aromatic nitrogens is 1. The molecule has 1 aromatic rings. The molecule has 1 amide bonds. The van der Waals surface area contributed by atoms with Crippen LogP contribution in [0, 0.1) is 17.2 Å². The predicted octanol–water partition coefficient (Wildman–Crippen LogP) is 0.340. The lowest BCUT2D eigenvalue weighted by Crippen LogP contribution is -2.48. The molecule has 2 N–H and O–H groups in total. The summed E-state index contributed by atoms with van der Waals surface area (Å²) in [5.74, 6) is -1.30. The molecule has 0 aliphatic heterocycles. The SMILES string of the molecule is C[C@@](C#N)(NC(=O)COC(=O)c1ccc[nH]c1=O)C1CC1. The molecule has 1 atom stereocenters. The number of carbonyl (C=O) groups is 2. The number of aromatic amines is 1. The van der Waals surface area contributed by atoms with Crippen molar-refractivity contribution in [3.05, 3.63) is 34.2 Å². The Morgan fingerprint density at radius 2 is 2.29 bits per heavy atom. The smallest absolute Gasteiger partial charge is 0.344 e. The average Bonchev–Trinajstić information content (AvgIpc) is 3.30. The number of ether oxygens (including phenoxy) is 1. The fraction of sp³-hybridized carbons (Fsp3) is 0.429. The van der Waals surface area contributed by atoms with E-state index >= 15 is 0 Å². The van der Waals surface area contributed by atoms with Crippen LogP contribution in [0.5, 0.6) is 0 Å². The van der Waals surface area contributed by atoms with Crippen LogP contribution in [0.15, 0.2) is 23.1 Å². The normalized spacial score (nSPS) is 16.4. The summed E-state index contributed by atoms with van der Waals surface area (Å²) in [5, 5.41) is 11.7. The number of nitrogens with one attached hydrogen (secondary N) is 2. The van der Waals surface area contributed by atoms with Crippen LogP contribution in [0.25, 0.3) is 0 Å². The van der Waals surface area contributed by atoms with E-state index < -0.39 is 29.6 Å². The average molecular weight is 289 g/mol. The minimum Gasteiger partial charge on any atom is -0.452 e. The van der Waals surface area contributed by atoms with E-state index in [9.17, 15) is 14.4 Å². The van der Waals surface area contributed by atoms with Gasteiger partial charge in [0.25, 0.3) is 11.5 Å². The van der Waals surface area contributed by atoms with Gasteiger partial charge in [-0.1, -0.05) is 0 Å². The molecule has 1 saturated carbocycles. The molecule has 0 aromatic carbocycles. The molecule has 7 nitrogen and oxygen atoms in total. The number of pyridine rings is 1. The fourth-order valence-corrected chi connectivity index (χ4v) is 2.00. The lowest BCUT2D eigenvalue weighted by atomic mass is 9.98. The van der Waals surface area contributed by atoms with Crippen LogP contribution < -0.4 is 10.9 Å². The van der Waals surface area contributed by atoms with Gasteiger partial charge in [0.2, 0.25) is 0 Å². The molecular formula is C14H15N3O4. The number of amides is 1. The Kier molecular flexibility index (Phi) is 4.08. The number of H-pyrrole nitrogens is 1. The summed E-state index contributed by atoms with van der Waals surface area (Å²) in [4.78, 5) is 37.1. The van der Waals surface area contributed by atoms with E-state index in [-0.39, 0.29) is 11.5 Å². The van der Waals surface area contributed by atoms with E-state index in [0.717, 1.165) is 12.8 Å². The third-order valence-electron chi connectivity index (χ3n) is 3.40. The zero-order valence-corrected chi connectivity index (χ0v) is 11.5. The highest BCUT2D eigenvalue weighted by molar-refractivity contribution is 5.91. The topological polar surface area (TPSA) is 112 Å². The van der Waals surface area contributed by atoms with Crippen molar-refractivity contribution in [3.63, 3.8) is 0 Å². The highest BCUT2D eigenvalue weighted by Crippen LogP contribution is 2.39. The maximum Gasteiger partial charge on any atom is 0.344 e. The predicted molar refractivity (Wildman–Crippen MR) is 72.2 cm³/mol. The molecule has 0 spiro atoms. The molecule has 0 saturated heterocycles. The molecule has 0 bridgehead atoms. The Bertz CT molecular complexity index is 657. The third-order valence-corrected chi connectivity index (χ3v) is 3.40. The van der Waals surface area contributed by atoms with Crippen LogP contribution in [-0.4, -0.2) is 29.0 Å². The van der Waals surface area contributed by atoms with Gasteiger partial charge in [-0.05, 0) is 37.8 Å². The van der Waals surface area contributed by atoms with Gasteiger partial charge >= 0.3 is 5.97 Å². The van der Waals surface area contributed by atoms with E-state index in [1.165, 1.54) is 18.3 Å². The highest BCUT2D eigenvalue weighted by Gasteiger charge is 2.43. The molecule has 1 fully saturated rings. The third kappa shape index (κ3) is 3.48. The largest absolute Gasteiger partial charge is 0.452 e.